The van der Waals surface area contributed by atoms with Crippen LogP contribution in [0, 0.1) is 5.92 Å². The Balaban J connectivity index is 0.00000289. The van der Waals surface area contributed by atoms with Gasteiger partial charge in [0.1, 0.15) is 0 Å². The summed E-state index contributed by atoms with van der Waals surface area (Å²) in [5, 5.41) is 3.53. The van der Waals surface area contributed by atoms with E-state index in [9.17, 15) is 0 Å². The lowest BCUT2D eigenvalue weighted by molar-refractivity contribution is 0.0906. The number of nitrogens with zero attached hydrogens (tertiary/aromatic N) is 3. The van der Waals surface area contributed by atoms with Crippen LogP contribution in [0.25, 0.3) is 0 Å². The highest BCUT2D eigenvalue weighted by atomic mass is 127. The van der Waals surface area contributed by atoms with E-state index in [4.69, 9.17) is 9.47 Å². The van der Waals surface area contributed by atoms with Crippen LogP contribution < -0.4 is 10.2 Å². The normalized spacial score (nSPS) is 19.0. The summed E-state index contributed by atoms with van der Waals surface area (Å²) in [5.74, 6) is 1.53. The summed E-state index contributed by atoms with van der Waals surface area (Å²) in [7, 11) is 1.86. The fourth-order valence-electron chi connectivity index (χ4n) is 4.24. The van der Waals surface area contributed by atoms with Gasteiger partial charge >= 0.3 is 0 Å². The van der Waals surface area contributed by atoms with Crippen molar-refractivity contribution in [2.75, 3.05) is 57.9 Å². The van der Waals surface area contributed by atoms with E-state index in [2.05, 4.69) is 68.6 Å². The molecule has 1 N–H and O–H groups in total. The van der Waals surface area contributed by atoms with Crippen LogP contribution in [0.15, 0.2) is 59.6 Å². The molecule has 0 amide bonds. The summed E-state index contributed by atoms with van der Waals surface area (Å²) in [5.41, 5.74) is 3.77. The standard InChI is InChI=1S/C25H34N4O2.HI/c1-26-25(27-17-21-7-9-24(10-8-21)28-13-15-30-16-14-28)29-12-11-23(18-29)20-31-19-22-5-3-2-4-6-22;/h2-10,23H,11-20H2,1H3,(H,26,27);1H. The summed E-state index contributed by atoms with van der Waals surface area (Å²) in [6.07, 6.45) is 1.14. The number of rotatable bonds is 7. The van der Waals surface area contributed by atoms with Crippen LogP contribution in [-0.2, 0) is 22.6 Å². The number of hydrogen-bond donors (Lipinski definition) is 1. The van der Waals surface area contributed by atoms with Crippen LogP contribution in [-0.4, -0.2) is 63.9 Å². The maximum absolute atomic E-state index is 5.96. The molecule has 32 heavy (non-hydrogen) atoms. The minimum Gasteiger partial charge on any atom is -0.378 e. The Morgan fingerprint density at radius 1 is 1.03 bits per heavy atom. The van der Waals surface area contributed by atoms with Gasteiger partial charge in [0.25, 0.3) is 0 Å². The fraction of sp³-hybridized carbons (Fsp3) is 0.480. The Hall–Kier alpha value is -1.84. The number of aliphatic imine (C=N–C) groups is 1. The molecule has 0 saturated carbocycles. The number of nitrogens with one attached hydrogen (secondary N) is 1. The molecular formula is C25H35IN4O2. The lowest BCUT2D eigenvalue weighted by atomic mass is 10.1. The molecule has 1 unspecified atom stereocenters. The highest BCUT2D eigenvalue weighted by Crippen LogP contribution is 2.19. The maximum Gasteiger partial charge on any atom is 0.193 e. The molecule has 0 spiro atoms. The molecule has 0 aromatic heterocycles. The van der Waals surface area contributed by atoms with Crippen LogP contribution in [0.5, 0.6) is 0 Å². The summed E-state index contributed by atoms with van der Waals surface area (Å²) in [6, 6.07) is 19.2. The van der Waals surface area contributed by atoms with E-state index in [1.807, 2.05) is 13.1 Å². The lowest BCUT2D eigenvalue weighted by Gasteiger charge is -2.29. The van der Waals surface area contributed by atoms with E-state index in [-0.39, 0.29) is 24.0 Å². The monoisotopic (exact) mass is 550 g/mol. The quantitative estimate of drug-likeness (QED) is 0.324. The van der Waals surface area contributed by atoms with Gasteiger partial charge in [-0.15, -0.1) is 24.0 Å². The van der Waals surface area contributed by atoms with Crippen molar-refractivity contribution in [2.45, 2.75) is 19.6 Å². The first-order valence-electron chi connectivity index (χ1n) is 11.3. The predicted octanol–water partition coefficient (Wildman–Crippen LogP) is 3.76. The summed E-state index contributed by atoms with van der Waals surface area (Å²) < 4.78 is 11.4. The Morgan fingerprint density at radius 2 is 1.78 bits per heavy atom. The number of likely N-dealkylation sites (tertiary alicyclic amines) is 1. The summed E-state index contributed by atoms with van der Waals surface area (Å²) in [4.78, 5) is 9.23. The molecule has 0 radical (unpaired) electrons. The van der Waals surface area contributed by atoms with Gasteiger partial charge in [-0.1, -0.05) is 42.5 Å². The second-order valence-corrected chi connectivity index (χ2v) is 8.27. The molecule has 2 saturated heterocycles. The Labute approximate surface area is 209 Å². The molecule has 0 bridgehead atoms. The first-order chi connectivity index (χ1) is 15.3. The number of morpholine rings is 1. The molecule has 2 heterocycles. The van der Waals surface area contributed by atoms with E-state index in [1.54, 1.807) is 0 Å². The number of benzene rings is 2. The van der Waals surface area contributed by atoms with Gasteiger partial charge in [0.15, 0.2) is 5.96 Å². The molecular weight excluding hydrogens is 515 g/mol. The van der Waals surface area contributed by atoms with E-state index < -0.39 is 0 Å². The Kier molecular flexibility index (Phi) is 10.1. The van der Waals surface area contributed by atoms with Crippen LogP contribution in [0.2, 0.25) is 0 Å². The third-order valence-corrected chi connectivity index (χ3v) is 6.03. The van der Waals surface area contributed by atoms with E-state index in [1.165, 1.54) is 16.8 Å². The van der Waals surface area contributed by atoms with E-state index in [0.29, 0.717) is 12.5 Å². The van der Waals surface area contributed by atoms with E-state index in [0.717, 1.165) is 64.9 Å². The van der Waals surface area contributed by atoms with Crippen molar-refractivity contribution >= 4 is 35.6 Å². The SMILES string of the molecule is CN=C(NCc1ccc(N2CCOCC2)cc1)N1CCC(COCc2ccccc2)C1.I. The van der Waals surface area contributed by atoms with Gasteiger partial charge in [0, 0.05) is 51.4 Å². The highest BCUT2D eigenvalue weighted by Gasteiger charge is 2.25. The maximum atomic E-state index is 5.96. The first-order valence-corrected chi connectivity index (χ1v) is 11.3. The van der Waals surface area contributed by atoms with Gasteiger partial charge < -0.3 is 24.6 Å². The second kappa shape index (κ2) is 13.0. The smallest absolute Gasteiger partial charge is 0.193 e. The van der Waals surface area contributed by atoms with Crippen molar-refractivity contribution < 1.29 is 9.47 Å². The zero-order chi connectivity index (χ0) is 21.3. The fourth-order valence-corrected chi connectivity index (χ4v) is 4.24. The molecule has 6 nitrogen and oxygen atoms in total. The van der Waals surface area contributed by atoms with Crippen LogP contribution in [0.3, 0.4) is 0 Å². The van der Waals surface area contributed by atoms with Gasteiger partial charge in [-0.25, -0.2) is 0 Å². The zero-order valence-electron chi connectivity index (χ0n) is 18.9. The molecule has 7 heteroatoms. The minimum atomic E-state index is 0. The summed E-state index contributed by atoms with van der Waals surface area (Å²) >= 11 is 0. The third kappa shape index (κ3) is 7.08. The van der Waals surface area contributed by atoms with Gasteiger partial charge in [-0.2, -0.15) is 0 Å². The average molecular weight is 550 g/mol. The van der Waals surface area contributed by atoms with Gasteiger partial charge in [0.05, 0.1) is 26.4 Å². The molecule has 2 fully saturated rings. The largest absolute Gasteiger partial charge is 0.378 e. The number of guanidine groups is 1. The molecule has 2 aromatic carbocycles. The van der Waals surface area contributed by atoms with E-state index >= 15 is 0 Å². The molecule has 174 valence electrons. The van der Waals surface area contributed by atoms with Crippen molar-refractivity contribution in [3.8, 4) is 0 Å². The topological polar surface area (TPSA) is 49.3 Å². The van der Waals surface area contributed by atoms with Gasteiger partial charge in [-0.3, -0.25) is 4.99 Å². The summed E-state index contributed by atoms with van der Waals surface area (Å²) in [6.45, 7) is 7.84. The van der Waals surface area contributed by atoms with Crippen molar-refractivity contribution in [3.05, 3.63) is 65.7 Å². The number of anilines is 1. The third-order valence-electron chi connectivity index (χ3n) is 6.03. The number of hydrogen-bond acceptors (Lipinski definition) is 4. The molecule has 2 aliphatic heterocycles. The van der Waals surface area contributed by atoms with Crippen LogP contribution in [0.4, 0.5) is 5.69 Å². The zero-order valence-corrected chi connectivity index (χ0v) is 21.2. The highest BCUT2D eigenvalue weighted by molar-refractivity contribution is 14.0. The van der Waals surface area contributed by atoms with Crippen molar-refractivity contribution in [1.82, 2.24) is 10.2 Å². The molecule has 4 rings (SSSR count). The van der Waals surface area contributed by atoms with Gasteiger partial charge in [0.2, 0.25) is 0 Å². The molecule has 1 atom stereocenters. The Bertz CT molecular complexity index is 826. The lowest BCUT2D eigenvalue weighted by Crippen LogP contribution is -2.39. The number of halogens is 1. The molecule has 2 aliphatic rings. The van der Waals surface area contributed by atoms with Crippen LogP contribution >= 0.6 is 24.0 Å². The minimum absolute atomic E-state index is 0. The Morgan fingerprint density at radius 3 is 2.50 bits per heavy atom. The molecule has 2 aromatic rings. The van der Waals surface area contributed by atoms with Crippen molar-refractivity contribution in [3.63, 3.8) is 0 Å². The second-order valence-electron chi connectivity index (χ2n) is 8.27. The average Bonchev–Trinajstić information content (AvgIpc) is 3.30. The van der Waals surface area contributed by atoms with Crippen molar-refractivity contribution in [2.24, 2.45) is 10.9 Å². The molecule has 0 aliphatic carbocycles. The van der Waals surface area contributed by atoms with Gasteiger partial charge in [-0.05, 0) is 29.7 Å². The number of ether oxygens (including phenoxy) is 2. The predicted molar refractivity (Wildman–Crippen MR) is 141 cm³/mol. The first kappa shape index (κ1) is 24.8. The van der Waals surface area contributed by atoms with Crippen molar-refractivity contribution in [1.29, 1.82) is 0 Å². The van der Waals surface area contributed by atoms with Crippen LogP contribution in [0.1, 0.15) is 17.5 Å².